The van der Waals surface area contributed by atoms with Crippen molar-refractivity contribution in [3.05, 3.63) is 30.2 Å². The van der Waals surface area contributed by atoms with E-state index in [9.17, 15) is 0 Å². The van der Waals surface area contributed by atoms with Gasteiger partial charge in [0.25, 0.3) is 0 Å². The van der Waals surface area contributed by atoms with E-state index in [4.69, 9.17) is 14.1 Å². The molecule has 0 bridgehead atoms. The molecule has 3 nitrogen and oxygen atoms in total. The summed E-state index contributed by atoms with van der Waals surface area (Å²) in [5.74, 6) is 0.731. The molecule has 0 saturated carbocycles. The molecule has 0 aliphatic heterocycles. The van der Waals surface area contributed by atoms with Crippen molar-refractivity contribution in [2.24, 2.45) is 0 Å². The van der Waals surface area contributed by atoms with Crippen LogP contribution in [0, 0.1) is 11.3 Å². The molecule has 0 saturated heterocycles. The third-order valence-corrected chi connectivity index (χ3v) is 2.55. The summed E-state index contributed by atoms with van der Waals surface area (Å²) in [6.45, 7) is 6.16. The Labute approximate surface area is 91.1 Å². The average Bonchev–Trinajstić information content (AvgIpc) is 2.62. The van der Waals surface area contributed by atoms with Crippen molar-refractivity contribution in [1.29, 1.82) is 5.26 Å². The van der Waals surface area contributed by atoms with Gasteiger partial charge in [0, 0.05) is 0 Å². The first-order valence-corrected chi connectivity index (χ1v) is 8.21. The van der Waals surface area contributed by atoms with Crippen molar-refractivity contribution < 1.29 is 8.84 Å². The van der Waals surface area contributed by atoms with Gasteiger partial charge in [-0.05, 0) is 43.9 Å². The van der Waals surface area contributed by atoms with Crippen molar-refractivity contribution in [1.82, 2.24) is 0 Å². The molecule has 1 atom stereocenters. The third-order valence-electron chi connectivity index (χ3n) is 1.59. The van der Waals surface area contributed by atoms with E-state index in [-0.39, 0.29) is 0 Å². The molecule has 0 aliphatic carbocycles. The van der Waals surface area contributed by atoms with Crippen LogP contribution >= 0.6 is 0 Å². The number of rotatable bonds is 4. The molecule has 0 radical (unpaired) electrons. The molecular formula is C11H15NO2Si. The minimum Gasteiger partial charge on any atom is -0.465 e. The van der Waals surface area contributed by atoms with Crippen LogP contribution in [0.1, 0.15) is 5.76 Å². The van der Waals surface area contributed by atoms with E-state index in [1.165, 1.54) is 0 Å². The van der Waals surface area contributed by atoms with Crippen LogP contribution in [0.15, 0.2) is 28.9 Å². The van der Waals surface area contributed by atoms with E-state index < -0.39 is 14.4 Å². The number of hydrogen-bond acceptors (Lipinski definition) is 3. The van der Waals surface area contributed by atoms with Crippen LogP contribution in [0.3, 0.4) is 0 Å². The lowest BCUT2D eigenvalue weighted by Gasteiger charge is -2.19. The molecule has 1 unspecified atom stereocenters. The minimum absolute atomic E-state index is 0.484. The van der Waals surface area contributed by atoms with Crippen LogP contribution in [-0.2, 0) is 4.43 Å². The Morgan fingerprint density at radius 2 is 2.27 bits per heavy atom. The summed E-state index contributed by atoms with van der Waals surface area (Å²) < 4.78 is 10.8. The summed E-state index contributed by atoms with van der Waals surface area (Å²) in [5, 5.41) is 8.88. The van der Waals surface area contributed by atoms with Gasteiger partial charge in [-0.15, -0.1) is 0 Å². The molecule has 0 aliphatic rings. The summed E-state index contributed by atoms with van der Waals surface area (Å²) in [7, 11) is -1.67. The standard InChI is InChI=1S/C11H15NO2Si/c1-15(2,3)14-11(9-12)7-6-10-5-4-8-13-10/h4-8,11H,1-3H3/b7-6+. The Balaban J connectivity index is 2.59. The van der Waals surface area contributed by atoms with Crippen molar-refractivity contribution >= 4 is 14.4 Å². The zero-order chi connectivity index (χ0) is 11.3. The summed E-state index contributed by atoms with van der Waals surface area (Å²) in [5.41, 5.74) is 0. The first kappa shape index (κ1) is 11.8. The maximum absolute atomic E-state index is 8.88. The lowest BCUT2D eigenvalue weighted by molar-refractivity contribution is 0.296. The van der Waals surface area contributed by atoms with E-state index in [1.54, 1.807) is 24.5 Å². The lowest BCUT2D eigenvalue weighted by atomic mass is 10.3. The van der Waals surface area contributed by atoms with Crippen LogP contribution in [-0.4, -0.2) is 14.4 Å². The van der Waals surface area contributed by atoms with Crippen molar-refractivity contribution in [2.75, 3.05) is 0 Å². The fourth-order valence-corrected chi connectivity index (χ4v) is 1.95. The van der Waals surface area contributed by atoms with Gasteiger partial charge in [0.1, 0.15) is 5.76 Å². The fourth-order valence-electron chi connectivity index (χ4n) is 1.06. The summed E-state index contributed by atoms with van der Waals surface area (Å²) >= 11 is 0. The number of nitrogens with zero attached hydrogens (tertiary/aromatic N) is 1. The van der Waals surface area contributed by atoms with Crippen molar-refractivity contribution in [3.63, 3.8) is 0 Å². The van der Waals surface area contributed by atoms with Gasteiger partial charge in [-0.2, -0.15) is 5.26 Å². The van der Waals surface area contributed by atoms with Gasteiger partial charge in [-0.25, -0.2) is 0 Å². The van der Waals surface area contributed by atoms with Gasteiger partial charge in [0.15, 0.2) is 14.4 Å². The highest BCUT2D eigenvalue weighted by Gasteiger charge is 2.18. The van der Waals surface area contributed by atoms with Gasteiger partial charge in [0.2, 0.25) is 0 Å². The maximum Gasteiger partial charge on any atom is 0.185 e. The monoisotopic (exact) mass is 221 g/mol. The molecule has 1 heterocycles. The second-order valence-electron chi connectivity index (χ2n) is 4.15. The molecule has 4 heteroatoms. The zero-order valence-electron chi connectivity index (χ0n) is 9.23. The first-order valence-electron chi connectivity index (χ1n) is 4.80. The molecule has 0 N–H and O–H groups in total. The van der Waals surface area contributed by atoms with E-state index in [1.807, 2.05) is 6.07 Å². The quantitative estimate of drug-likeness (QED) is 0.734. The molecular weight excluding hydrogens is 206 g/mol. The van der Waals surface area contributed by atoms with Crippen LogP contribution in [0.5, 0.6) is 0 Å². The largest absolute Gasteiger partial charge is 0.465 e. The van der Waals surface area contributed by atoms with E-state index in [0.717, 1.165) is 5.76 Å². The van der Waals surface area contributed by atoms with E-state index >= 15 is 0 Å². The van der Waals surface area contributed by atoms with Crippen molar-refractivity contribution in [3.8, 4) is 6.07 Å². The van der Waals surface area contributed by atoms with Gasteiger partial charge in [-0.1, -0.05) is 0 Å². The molecule has 15 heavy (non-hydrogen) atoms. The summed E-state index contributed by atoms with van der Waals surface area (Å²) in [4.78, 5) is 0. The predicted molar refractivity (Wildman–Crippen MR) is 61.6 cm³/mol. The van der Waals surface area contributed by atoms with Crippen molar-refractivity contribution in [2.45, 2.75) is 25.7 Å². The second-order valence-corrected chi connectivity index (χ2v) is 8.61. The topological polar surface area (TPSA) is 46.2 Å². The number of nitriles is 1. The molecule has 0 fully saturated rings. The van der Waals surface area contributed by atoms with E-state index in [2.05, 4.69) is 25.7 Å². The van der Waals surface area contributed by atoms with Crippen LogP contribution < -0.4 is 0 Å². The predicted octanol–water partition coefficient (Wildman–Crippen LogP) is 3.04. The molecule has 0 amide bonds. The Morgan fingerprint density at radius 1 is 1.53 bits per heavy atom. The highest BCUT2D eigenvalue weighted by atomic mass is 28.4. The fraction of sp³-hybridized carbons (Fsp3) is 0.364. The Hall–Kier alpha value is -1.31. The highest BCUT2D eigenvalue weighted by molar-refractivity contribution is 6.69. The normalized spacial score (nSPS) is 14.0. The Bertz CT molecular complexity index is 357. The number of furan rings is 1. The van der Waals surface area contributed by atoms with Gasteiger partial charge >= 0.3 is 0 Å². The smallest absolute Gasteiger partial charge is 0.185 e. The molecule has 1 aromatic rings. The second kappa shape index (κ2) is 4.96. The first-order chi connectivity index (χ1) is 7.01. The summed E-state index contributed by atoms with van der Waals surface area (Å²) in [6.07, 6.45) is 4.59. The van der Waals surface area contributed by atoms with Gasteiger partial charge in [0.05, 0.1) is 12.3 Å². The molecule has 0 spiro atoms. The zero-order valence-corrected chi connectivity index (χ0v) is 10.2. The highest BCUT2D eigenvalue weighted by Crippen LogP contribution is 2.10. The van der Waals surface area contributed by atoms with Gasteiger partial charge < -0.3 is 8.84 Å². The average molecular weight is 221 g/mol. The van der Waals surface area contributed by atoms with Crippen LogP contribution in [0.25, 0.3) is 6.08 Å². The molecule has 1 aromatic heterocycles. The Kier molecular flexibility index (Phi) is 3.89. The Morgan fingerprint density at radius 3 is 2.73 bits per heavy atom. The maximum atomic E-state index is 8.88. The number of hydrogen-bond donors (Lipinski definition) is 0. The summed E-state index contributed by atoms with van der Waals surface area (Å²) in [6, 6.07) is 5.74. The van der Waals surface area contributed by atoms with Gasteiger partial charge in [-0.3, -0.25) is 0 Å². The lowest BCUT2D eigenvalue weighted by Crippen LogP contribution is -2.30. The molecule has 80 valence electrons. The van der Waals surface area contributed by atoms with E-state index in [0.29, 0.717) is 0 Å². The minimum atomic E-state index is -1.67. The SMILES string of the molecule is C[Si](C)(C)OC(C#N)/C=C/c1ccco1. The van der Waals surface area contributed by atoms with Crippen LogP contribution in [0.2, 0.25) is 19.6 Å². The molecule has 0 aromatic carbocycles. The van der Waals surface area contributed by atoms with Crippen LogP contribution in [0.4, 0.5) is 0 Å². The third kappa shape index (κ3) is 4.63. The molecule has 1 rings (SSSR count).